The van der Waals surface area contributed by atoms with Gasteiger partial charge in [-0.05, 0) is 24.7 Å². The van der Waals surface area contributed by atoms with E-state index in [0.29, 0.717) is 5.56 Å². The molecular formula is C10H14F2N2O2S. The number of rotatable bonds is 6. The lowest BCUT2D eigenvalue weighted by atomic mass is 10.2. The summed E-state index contributed by atoms with van der Waals surface area (Å²) in [6.45, 7) is 0.526. The summed E-state index contributed by atoms with van der Waals surface area (Å²) >= 11 is 0. The fourth-order valence-corrected chi connectivity index (χ4v) is 1.81. The van der Waals surface area contributed by atoms with Crippen LogP contribution in [0, 0.1) is 11.6 Å². The van der Waals surface area contributed by atoms with E-state index < -0.39 is 21.7 Å². The van der Waals surface area contributed by atoms with Gasteiger partial charge in [-0.2, -0.15) is 0 Å². The van der Waals surface area contributed by atoms with E-state index in [1.54, 1.807) is 0 Å². The van der Waals surface area contributed by atoms with Gasteiger partial charge in [-0.15, -0.1) is 0 Å². The van der Waals surface area contributed by atoms with E-state index in [0.717, 1.165) is 12.1 Å². The Morgan fingerprint density at radius 2 is 1.94 bits per heavy atom. The SMILES string of the molecule is CNS(=O)(=O)CCNCc1ccc(F)c(F)c1. The van der Waals surface area contributed by atoms with Crippen molar-refractivity contribution in [2.24, 2.45) is 0 Å². The molecule has 0 aliphatic rings. The molecule has 0 unspecified atom stereocenters. The summed E-state index contributed by atoms with van der Waals surface area (Å²) in [6.07, 6.45) is 0. The molecule has 0 heterocycles. The topological polar surface area (TPSA) is 58.2 Å². The van der Waals surface area contributed by atoms with Crippen molar-refractivity contribution >= 4 is 10.0 Å². The van der Waals surface area contributed by atoms with Crippen LogP contribution in [0.15, 0.2) is 18.2 Å². The molecule has 2 N–H and O–H groups in total. The number of sulfonamides is 1. The average molecular weight is 264 g/mol. The summed E-state index contributed by atoms with van der Waals surface area (Å²) in [5, 5.41) is 2.83. The van der Waals surface area contributed by atoms with Crippen molar-refractivity contribution in [1.82, 2.24) is 10.0 Å². The third kappa shape index (κ3) is 4.76. The van der Waals surface area contributed by atoms with Crippen molar-refractivity contribution < 1.29 is 17.2 Å². The van der Waals surface area contributed by atoms with Gasteiger partial charge in [-0.3, -0.25) is 0 Å². The molecule has 0 radical (unpaired) electrons. The second-order valence-corrected chi connectivity index (χ2v) is 5.49. The highest BCUT2D eigenvalue weighted by Crippen LogP contribution is 2.08. The molecule has 0 aromatic heterocycles. The van der Waals surface area contributed by atoms with Crippen molar-refractivity contribution in [3.05, 3.63) is 35.4 Å². The molecule has 0 atom stereocenters. The number of benzene rings is 1. The number of nitrogens with one attached hydrogen (secondary N) is 2. The zero-order chi connectivity index (χ0) is 12.9. The van der Waals surface area contributed by atoms with Crippen LogP contribution in [-0.2, 0) is 16.6 Å². The van der Waals surface area contributed by atoms with Crippen molar-refractivity contribution in [2.45, 2.75) is 6.54 Å². The monoisotopic (exact) mass is 264 g/mol. The van der Waals surface area contributed by atoms with Crippen LogP contribution >= 0.6 is 0 Å². The minimum Gasteiger partial charge on any atom is -0.312 e. The minimum absolute atomic E-state index is 0.0623. The Hall–Kier alpha value is -1.05. The molecule has 0 amide bonds. The summed E-state index contributed by atoms with van der Waals surface area (Å²) in [5.41, 5.74) is 0.561. The van der Waals surface area contributed by atoms with E-state index in [1.807, 2.05) is 0 Å². The van der Waals surface area contributed by atoms with Crippen LogP contribution in [-0.4, -0.2) is 27.8 Å². The quantitative estimate of drug-likeness (QED) is 0.740. The van der Waals surface area contributed by atoms with Crippen molar-refractivity contribution in [3.8, 4) is 0 Å². The molecular weight excluding hydrogens is 250 g/mol. The molecule has 0 fully saturated rings. The highest BCUT2D eigenvalue weighted by Gasteiger charge is 2.06. The smallest absolute Gasteiger partial charge is 0.212 e. The first-order valence-electron chi connectivity index (χ1n) is 5.00. The number of halogens is 2. The van der Waals surface area contributed by atoms with Crippen LogP contribution in [0.2, 0.25) is 0 Å². The molecule has 17 heavy (non-hydrogen) atoms. The van der Waals surface area contributed by atoms with E-state index in [-0.39, 0.29) is 18.8 Å². The highest BCUT2D eigenvalue weighted by atomic mass is 32.2. The first-order chi connectivity index (χ1) is 7.94. The molecule has 4 nitrogen and oxygen atoms in total. The van der Waals surface area contributed by atoms with Crippen molar-refractivity contribution in [2.75, 3.05) is 19.3 Å². The van der Waals surface area contributed by atoms with Crippen LogP contribution in [0.25, 0.3) is 0 Å². The fourth-order valence-electron chi connectivity index (χ4n) is 1.19. The minimum atomic E-state index is -3.24. The van der Waals surface area contributed by atoms with Crippen LogP contribution < -0.4 is 10.0 Å². The maximum Gasteiger partial charge on any atom is 0.212 e. The first-order valence-corrected chi connectivity index (χ1v) is 6.66. The third-order valence-electron chi connectivity index (χ3n) is 2.17. The zero-order valence-electron chi connectivity index (χ0n) is 9.33. The normalized spacial score (nSPS) is 11.7. The molecule has 1 aromatic carbocycles. The predicted molar refractivity (Wildman–Crippen MR) is 60.9 cm³/mol. The molecule has 0 bridgehead atoms. The average Bonchev–Trinajstić information content (AvgIpc) is 2.29. The Balaban J connectivity index is 2.39. The van der Waals surface area contributed by atoms with E-state index in [4.69, 9.17) is 0 Å². The van der Waals surface area contributed by atoms with Gasteiger partial charge in [-0.1, -0.05) is 6.07 Å². The van der Waals surface area contributed by atoms with Gasteiger partial charge in [0.15, 0.2) is 11.6 Å². The van der Waals surface area contributed by atoms with Gasteiger partial charge in [-0.25, -0.2) is 21.9 Å². The molecule has 0 saturated heterocycles. The van der Waals surface area contributed by atoms with Crippen LogP contribution in [0.3, 0.4) is 0 Å². The van der Waals surface area contributed by atoms with Gasteiger partial charge >= 0.3 is 0 Å². The lowest BCUT2D eigenvalue weighted by molar-refractivity contribution is 0.506. The van der Waals surface area contributed by atoms with E-state index in [1.165, 1.54) is 13.1 Å². The van der Waals surface area contributed by atoms with Crippen LogP contribution in [0.1, 0.15) is 5.56 Å². The van der Waals surface area contributed by atoms with Crippen LogP contribution in [0.5, 0.6) is 0 Å². The van der Waals surface area contributed by atoms with Crippen LogP contribution in [0.4, 0.5) is 8.78 Å². The third-order valence-corrected chi connectivity index (χ3v) is 3.54. The largest absolute Gasteiger partial charge is 0.312 e. The second kappa shape index (κ2) is 6.04. The summed E-state index contributed by atoms with van der Waals surface area (Å²) in [6, 6.07) is 3.56. The molecule has 7 heteroatoms. The van der Waals surface area contributed by atoms with Crippen molar-refractivity contribution in [1.29, 1.82) is 0 Å². The van der Waals surface area contributed by atoms with E-state index >= 15 is 0 Å². The lowest BCUT2D eigenvalue weighted by Gasteiger charge is -2.05. The fraction of sp³-hybridized carbons (Fsp3) is 0.400. The maximum absolute atomic E-state index is 12.8. The highest BCUT2D eigenvalue weighted by molar-refractivity contribution is 7.89. The molecule has 0 saturated carbocycles. The molecule has 0 aliphatic heterocycles. The molecule has 0 spiro atoms. The number of hydrogen-bond acceptors (Lipinski definition) is 3. The standard InChI is InChI=1S/C10H14F2N2O2S/c1-13-17(15,16)5-4-14-7-8-2-3-9(11)10(12)6-8/h2-3,6,13-14H,4-5,7H2,1H3. The maximum atomic E-state index is 12.8. The molecule has 1 rings (SSSR count). The zero-order valence-corrected chi connectivity index (χ0v) is 10.2. The van der Waals surface area contributed by atoms with Gasteiger partial charge in [0.25, 0.3) is 0 Å². The number of hydrogen-bond donors (Lipinski definition) is 2. The van der Waals surface area contributed by atoms with E-state index in [2.05, 4.69) is 10.0 Å². The lowest BCUT2D eigenvalue weighted by Crippen LogP contribution is -2.29. The molecule has 1 aromatic rings. The molecule has 96 valence electrons. The van der Waals surface area contributed by atoms with Gasteiger partial charge in [0.1, 0.15) is 0 Å². The Bertz CT molecular complexity index is 477. The summed E-state index contributed by atoms with van der Waals surface area (Å²) in [5.74, 6) is -1.87. The summed E-state index contributed by atoms with van der Waals surface area (Å²) < 4.78 is 49.7. The first kappa shape index (κ1) is 14.0. The Kier molecular flexibility index (Phi) is 4.98. The van der Waals surface area contributed by atoms with Gasteiger partial charge in [0.2, 0.25) is 10.0 Å². The molecule has 0 aliphatic carbocycles. The van der Waals surface area contributed by atoms with Gasteiger partial charge < -0.3 is 5.32 Å². The Morgan fingerprint density at radius 1 is 1.24 bits per heavy atom. The van der Waals surface area contributed by atoms with Gasteiger partial charge in [0.05, 0.1) is 5.75 Å². The van der Waals surface area contributed by atoms with Gasteiger partial charge in [0, 0.05) is 13.1 Å². The Labute approximate surface area is 99.1 Å². The second-order valence-electron chi connectivity index (χ2n) is 3.45. The Morgan fingerprint density at radius 3 is 2.53 bits per heavy atom. The van der Waals surface area contributed by atoms with E-state index in [9.17, 15) is 17.2 Å². The summed E-state index contributed by atoms with van der Waals surface area (Å²) in [7, 11) is -1.90. The summed E-state index contributed by atoms with van der Waals surface area (Å²) in [4.78, 5) is 0. The van der Waals surface area contributed by atoms with Crippen molar-refractivity contribution in [3.63, 3.8) is 0 Å². The predicted octanol–water partition coefficient (Wildman–Crippen LogP) is 0.604.